The van der Waals surface area contributed by atoms with Gasteiger partial charge in [-0.15, -0.1) is 16.4 Å². The normalized spacial score (nSPS) is 15.5. The Hall–Kier alpha value is -2.94. The first-order chi connectivity index (χ1) is 16.2. The summed E-state index contributed by atoms with van der Waals surface area (Å²) < 4.78 is 7.50. The number of halogens is 1. The van der Waals surface area contributed by atoms with Gasteiger partial charge in [-0.3, -0.25) is 4.90 Å². The molecule has 1 saturated heterocycles. The first kappa shape index (κ1) is 21.9. The maximum atomic E-state index is 6.19. The molecule has 0 bridgehead atoms. The van der Waals surface area contributed by atoms with Crippen LogP contribution in [0.1, 0.15) is 22.3 Å². The third-order valence-electron chi connectivity index (χ3n) is 5.98. The van der Waals surface area contributed by atoms with Crippen LogP contribution >= 0.6 is 22.9 Å². The Morgan fingerprint density at radius 2 is 1.79 bits per heavy atom. The summed E-state index contributed by atoms with van der Waals surface area (Å²) in [6, 6.07) is 20.3. The zero-order valence-electron chi connectivity index (χ0n) is 18.3. The van der Waals surface area contributed by atoms with E-state index in [2.05, 4.69) is 67.1 Å². The second-order valence-corrected chi connectivity index (χ2v) is 9.39. The van der Waals surface area contributed by atoms with Crippen LogP contribution in [0.4, 0.5) is 5.69 Å². The SMILES string of the molecule is COc1ccccc1N1CCN(C(c2ccc(Cl)cc2)c2nnnn2Cc2cccs2)CC1. The van der Waals surface area contributed by atoms with Gasteiger partial charge in [0.1, 0.15) is 5.75 Å². The first-order valence-electron chi connectivity index (χ1n) is 10.9. The maximum Gasteiger partial charge on any atom is 0.173 e. The lowest BCUT2D eigenvalue weighted by Gasteiger charge is -2.40. The summed E-state index contributed by atoms with van der Waals surface area (Å²) in [5, 5.41) is 15.6. The lowest BCUT2D eigenvalue weighted by atomic mass is 10.0. The van der Waals surface area contributed by atoms with Crippen LogP contribution in [-0.2, 0) is 6.54 Å². The minimum absolute atomic E-state index is 0.0583. The summed E-state index contributed by atoms with van der Waals surface area (Å²) in [7, 11) is 1.72. The number of para-hydroxylation sites is 2. The number of rotatable bonds is 7. The zero-order chi connectivity index (χ0) is 22.6. The van der Waals surface area contributed by atoms with Gasteiger partial charge in [-0.25, -0.2) is 4.68 Å². The molecule has 33 heavy (non-hydrogen) atoms. The van der Waals surface area contributed by atoms with Crippen LogP contribution in [-0.4, -0.2) is 58.4 Å². The molecule has 170 valence electrons. The van der Waals surface area contributed by atoms with Gasteiger partial charge in [0.05, 0.1) is 25.4 Å². The fraction of sp³-hybridized carbons (Fsp3) is 0.292. The molecule has 1 atom stereocenters. The van der Waals surface area contributed by atoms with E-state index in [1.165, 1.54) is 4.88 Å². The lowest BCUT2D eigenvalue weighted by Crippen LogP contribution is -2.48. The molecule has 0 radical (unpaired) electrons. The average molecular weight is 481 g/mol. The van der Waals surface area contributed by atoms with Crippen molar-refractivity contribution in [1.82, 2.24) is 25.1 Å². The van der Waals surface area contributed by atoms with Crippen molar-refractivity contribution in [3.63, 3.8) is 0 Å². The zero-order valence-corrected chi connectivity index (χ0v) is 19.9. The molecule has 0 spiro atoms. The Balaban J connectivity index is 1.42. The van der Waals surface area contributed by atoms with Crippen LogP contribution in [0, 0.1) is 0 Å². The van der Waals surface area contributed by atoms with Crippen molar-refractivity contribution in [2.45, 2.75) is 12.6 Å². The van der Waals surface area contributed by atoms with E-state index in [4.69, 9.17) is 16.3 Å². The van der Waals surface area contributed by atoms with Crippen molar-refractivity contribution in [2.24, 2.45) is 0 Å². The number of hydrogen-bond acceptors (Lipinski definition) is 7. The number of aromatic nitrogens is 4. The molecule has 1 aliphatic heterocycles. The van der Waals surface area contributed by atoms with E-state index in [1.807, 2.05) is 28.9 Å². The highest BCUT2D eigenvalue weighted by Crippen LogP contribution is 2.33. The Morgan fingerprint density at radius 1 is 1.00 bits per heavy atom. The Morgan fingerprint density at radius 3 is 2.52 bits per heavy atom. The summed E-state index contributed by atoms with van der Waals surface area (Å²) in [4.78, 5) is 6.05. The van der Waals surface area contributed by atoms with Crippen LogP contribution < -0.4 is 9.64 Å². The van der Waals surface area contributed by atoms with Gasteiger partial charge in [-0.05, 0) is 51.7 Å². The third kappa shape index (κ3) is 4.73. The summed E-state index contributed by atoms with van der Waals surface area (Å²) in [5.41, 5.74) is 2.26. The molecule has 0 amide bonds. The second kappa shape index (κ2) is 9.91. The standard InChI is InChI=1S/C24H25ClN6OS/c1-32-22-7-3-2-6-21(22)29-12-14-30(15-13-29)23(18-8-10-19(25)11-9-18)24-26-27-28-31(24)17-20-5-4-16-33-20/h2-11,16,23H,12-15,17H2,1H3. The number of benzene rings is 2. The number of piperazine rings is 1. The Kier molecular flexibility index (Phi) is 6.57. The minimum atomic E-state index is -0.0583. The molecule has 4 aromatic rings. The monoisotopic (exact) mass is 480 g/mol. The Labute approximate surface area is 202 Å². The molecule has 2 aromatic carbocycles. The van der Waals surface area contributed by atoms with E-state index in [1.54, 1.807) is 18.4 Å². The summed E-state index contributed by atoms with van der Waals surface area (Å²) in [5.74, 6) is 1.75. The number of hydrogen-bond donors (Lipinski definition) is 0. The van der Waals surface area contributed by atoms with E-state index in [0.29, 0.717) is 6.54 Å². The molecule has 0 saturated carbocycles. The predicted molar refractivity (Wildman–Crippen MR) is 131 cm³/mol. The highest BCUT2D eigenvalue weighted by Gasteiger charge is 2.31. The van der Waals surface area contributed by atoms with Gasteiger partial charge < -0.3 is 9.64 Å². The number of thiophene rings is 1. The smallest absolute Gasteiger partial charge is 0.173 e. The molecule has 7 nitrogen and oxygen atoms in total. The van der Waals surface area contributed by atoms with Gasteiger partial charge in [0.15, 0.2) is 5.82 Å². The molecule has 1 aliphatic rings. The van der Waals surface area contributed by atoms with Crippen molar-refractivity contribution >= 4 is 28.6 Å². The Bertz CT molecular complexity index is 1170. The van der Waals surface area contributed by atoms with Gasteiger partial charge in [-0.2, -0.15) is 0 Å². The van der Waals surface area contributed by atoms with Crippen molar-refractivity contribution in [1.29, 1.82) is 0 Å². The maximum absolute atomic E-state index is 6.19. The predicted octanol–water partition coefficient (Wildman–Crippen LogP) is 4.36. The molecular weight excluding hydrogens is 456 g/mol. The molecular formula is C24H25ClN6OS. The van der Waals surface area contributed by atoms with Gasteiger partial charge in [-0.1, -0.05) is 41.9 Å². The van der Waals surface area contributed by atoms with E-state index in [0.717, 1.165) is 54.0 Å². The van der Waals surface area contributed by atoms with Crippen LogP contribution in [0.5, 0.6) is 5.75 Å². The van der Waals surface area contributed by atoms with Crippen molar-refractivity contribution in [2.75, 3.05) is 38.2 Å². The van der Waals surface area contributed by atoms with Gasteiger partial charge >= 0.3 is 0 Å². The van der Waals surface area contributed by atoms with Crippen molar-refractivity contribution < 1.29 is 4.74 Å². The fourth-order valence-corrected chi connectivity index (χ4v) is 5.16. The highest BCUT2D eigenvalue weighted by atomic mass is 35.5. The topological polar surface area (TPSA) is 59.3 Å². The quantitative estimate of drug-likeness (QED) is 0.392. The lowest BCUT2D eigenvalue weighted by molar-refractivity contribution is 0.201. The van der Waals surface area contributed by atoms with Gasteiger partial charge in [0.25, 0.3) is 0 Å². The number of methoxy groups -OCH3 is 1. The van der Waals surface area contributed by atoms with Gasteiger partial charge in [0, 0.05) is 36.1 Å². The third-order valence-corrected chi connectivity index (χ3v) is 7.09. The van der Waals surface area contributed by atoms with Crippen LogP contribution in [0.3, 0.4) is 0 Å². The molecule has 0 N–H and O–H groups in total. The molecule has 2 aromatic heterocycles. The second-order valence-electron chi connectivity index (χ2n) is 7.92. The number of anilines is 1. The van der Waals surface area contributed by atoms with Crippen LogP contribution in [0.2, 0.25) is 5.02 Å². The van der Waals surface area contributed by atoms with Crippen LogP contribution in [0.15, 0.2) is 66.0 Å². The average Bonchev–Trinajstić information content (AvgIpc) is 3.54. The number of nitrogens with zero attached hydrogens (tertiary/aromatic N) is 6. The molecule has 1 fully saturated rings. The molecule has 3 heterocycles. The molecule has 5 rings (SSSR count). The molecule has 0 aliphatic carbocycles. The summed E-state index contributed by atoms with van der Waals surface area (Å²) in [6.45, 7) is 4.17. The highest BCUT2D eigenvalue weighted by molar-refractivity contribution is 7.09. The minimum Gasteiger partial charge on any atom is -0.495 e. The summed E-state index contributed by atoms with van der Waals surface area (Å²) >= 11 is 7.90. The van der Waals surface area contributed by atoms with Crippen molar-refractivity contribution in [3.05, 3.63) is 87.3 Å². The van der Waals surface area contributed by atoms with E-state index in [-0.39, 0.29) is 6.04 Å². The van der Waals surface area contributed by atoms with Gasteiger partial charge in [0.2, 0.25) is 0 Å². The fourth-order valence-electron chi connectivity index (χ4n) is 4.35. The molecule has 9 heteroatoms. The number of ether oxygens (including phenoxy) is 1. The molecule has 1 unspecified atom stereocenters. The van der Waals surface area contributed by atoms with E-state index < -0.39 is 0 Å². The van der Waals surface area contributed by atoms with Crippen LogP contribution in [0.25, 0.3) is 0 Å². The first-order valence-corrected chi connectivity index (χ1v) is 12.1. The largest absolute Gasteiger partial charge is 0.495 e. The van der Waals surface area contributed by atoms with E-state index >= 15 is 0 Å². The van der Waals surface area contributed by atoms with Crippen molar-refractivity contribution in [3.8, 4) is 5.75 Å². The van der Waals surface area contributed by atoms with E-state index in [9.17, 15) is 0 Å². The number of tetrazole rings is 1. The summed E-state index contributed by atoms with van der Waals surface area (Å²) in [6.07, 6.45) is 0.